The number of anilines is 1. The highest BCUT2D eigenvalue weighted by atomic mass is 16.6. The summed E-state index contributed by atoms with van der Waals surface area (Å²) in [5.74, 6) is -0.794. The lowest BCUT2D eigenvalue weighted by molar-refractivity contribution is -0.136. The fourth-order valence-electron chi connectivity index (χ4n) is 4.53. The molecular weight excluding hydrogens is 434 g/mol. The van der Waals surface area contributed by atoms with Gasteiger partial charge in [-0.25, -0.2) is 4.79 Å². The summed E-state index contributed by atoms with van der Waals surface area (Å²) in [6.45, 7) is 7.84. The Kier molecular flexibility index (Phi) is 6.81. The molecule has 2 aliphatic heterocycles. The number of benzene rings is 2. The van der Waals surface area contributed by atoms with Crippen molar-refractivity contribution in [1.82, 2.24) is 9.80 Å². The maximum atomic E-state index is 12.5. The molecule has 1 unspecified atom stereocenters. The van der Waals surface area contributed by atoms with Crippen molar-refractivity contribution in [3.05, 3.63) is 54.1 Å². The molecule has 2 aromatic rings. The fourth-order valence-corrected chi connectivity index (χ4v) is 4.53. The first-order chi connectivity index (χ1) is 16.1. The van der Waals surface area contributed by atoms with Gasteiger partial charge in [0.25, 0.3) is 0 Å². The molecule has 4 rings (SSSR count). The summed E-state index contributed by atoms with van der Waals surface area (Å²) in [7, 11) is 0. The number of hydrogen-bond donors (Lipinski definition) is 2. The second kappa shape index (κ2) is 9.64. The monoisotopic (exact) mass is 467 g/mol. The number of ether oxygens (including phenoxy) is 1. The van der Waals surface area contributed by atoms with Crippen LogP contribution >= 0.6 is 0 Å². The van der Waals surface area contributed by atoms with Crippen LogP contribution in [0.5, 0.6) is 0 Å². The molecule has 0 radical (unpaired) electrons. The normalized spacial score (nSPS) is 20.8. The van der Waals surface area contributed by atoms with Crippen molar-refractivity contribution in [2.45, 2.75) is 51.6 Å². The highest BCUT2D eigenvalue weighted by Crippen LogP contribution is 2.31. The maximum absolute atomic E-state index is 12.5. The van der Waals surface area contributed by atoms with Crippen LogP contribution in [0.25, 0.3) is 11.1 Å². The first-order valence-electron chi connectivity index (χ1n) is 11.7. The standard InChI is InChI=1S/C26H33N3O5/c1-26(2,3)34-25(33)27-14-15-28-22(16-27)17-29(24(28)32)21-11-9-20(10-12-21)19-7-4-18(5-8-19)6-13-23(30)31/h4-5,7-12,22,24,32H,6,13-17H2,1-3H3,(H,30,31)/t22-,24?/m0/s1. The van der Waals surface area contributed by atoms with Crippen LogP contribution in [0.4, 0.5) is 10.5 Å². The van der Waals surface area contributed by atoms with Gasteiger partial charge in [-0.2, -0.15) is 0 Å². The summed E-state index contributed by atoms with van der Waals surface area (Å²) in [5.41, 5.74) is 3.50. The van der Waals surface area contributed by atoms with Crippen LogP contribution in [0.1, 0.15) is 32.8 Å². The lowest BCUT2D eigenvalue weighted by atomic mass is 10.0. The Morgan fingerprint density at radius 3 is 2.18 bits per heavy atom. The van der Waals surface area contributed by atoms with Gasteiger partial charge in [0.1, 0.15) is 5.60 Å². The van der Waals surface area contributed by atoms with E-state index in [9.17, 15) is 14.7 Å². The molecule has 182 valence electrons. The first-order valence-corrected chi connectivity index (χ1v) is 11.7. The molecule has 0 aliphatic carbocycles. The van der Waals surface area contributed by atoms with Gasteiger partial charge in [0.15, 0.2) is 6.35 Å². The van der Waals surface area contributed by atoms with Crippen molar-refractivity contribution in [3.8, 4) is 11.1 Å². The van der Waals surface area contributed by atoms with Gasteiger partial charge in [0, 0.05) is 44.3 Å². The van der Waals surface area contributed by atoms with E-state index >= 15 is 0 Å². The Morgan fingerprint density at radius 1 is 0.971 bits per heavy atom. The van der Waals surface area contributed by atoms with Crippen LogP contribution in [0.3, 0.4) is 0 Å². The maximum Gasteiger partial charge on any atom is 0.410 e. The average Bonchev–Trinajstić information content (AvgIpc) is 3.13. The van der Waals surface area contributed by atoms with Crippen LogP contribution in [-0.2, 0) is 16.0 Å². The molecule has 1 amide bonds. The van der Waals surface area contributed by atoms with Crippen molar-refractivity contribution < 1.29 is 24.5 Å². The summed E-state index contributed by atoms with van der Waals surface area (Å²) in [6, 6.07) is 16.0. The number of aliphatic carboxylic acids is 1. The molecule has 8 heteroatoms. The average molecular weight is 468 g/mol. The van der Waals surface area contributed by atoms with Crippen LogP contribution < -0.4 is 4.90 Å². The number of aliphatic hydroxyl groups excluding tert-OH is 1. The van der Waals surface area contributed by atoms with Crippen LogP contribution in [0.2, 0.25) is 0 Å². The molecule has 0 spiro atoms. The molecule has 34 heavy (non-hydrogen) atoms. The van der Waals surface area contributed by atoms with E-state index in [1.54, 1.807) is 4.90 Å². The van der Waals surface area contributed by atoms with Crippen LogP contribution in [-0.4, -0.2) is 76.2 Å². The van der Waals surface area contributed by atoms with Gasteiger partial charge in [0.05, 0.1) is 0 Å². The van der Waals surface area contributed by atoms with Crippen molar-refractivity contribution in [1.29, 1.82) is 0 Å². The predicted octanol–water partition coefficient (Wildman–Crippen LogP) is 3.39. The Bertz CT molecular complexity index is 1020. The quantitative estimate of drug-likeness (QED) is 0.696. The SMILES string of the molecule is CC(C)(C)OC(=O)N1CCN2C(O)N(c3ccc(-c4ccc(CCC(=O)O)cc4)cc3)C[C@@H]2C1. The summed E-state index contributed by atoms with van der Waals surface area (Å²) in [4.78, 5) is 29.0. The summed E-state index contributed by atoms with van der Waals surface area (Å²) < 4.78 is 5.52. The van der Waals surface area contributed by atoms with Gasteiger partial charge < -0.3 is 24.7 Å². The predicted molar refractivity (Wildman–Crippen MR) is 129 cm³/mol. The van der Waals surface area contributed by atoms with Gasteiger partial charge in [-0.3, -0.25) is 9.69 Å². The lowest BCUT2D eigenvalue weighted by Crippen LogP contribution is -2.55. The van der Waals surface area contributed by atoms with Gasteiger partial charge in [0.2, 0.25) is 0 Å². The number of carbonyl (C=O) groups is 2. The number of nitrogens with zero attached hydrogens (tertiary/aromatic N) is 3. The zero-order valence-corrected chi connectivity index (χ0v) is 20.0. The number of aliphatic hydroxyl groups is 1. The van der Waals surface area contributed by atoms with E-state index in [1.807, 2.05) is 79.1 Å². The minimum absolute atomic E-state index is 0.0364. The molecule has 2 fully saturated rings. The topological polar surface area (TPSA) is 93.6 Å². The highest BCUT2D eigenvalue weighted by Gasteiger charge is 2.43. The van der Waals surface area contributed by atoms with E-state index in [1.165, 1.54) is 0 Å². The van der Waals surface area contributed by atoms with E-state index in [0.717, 1.165) is 22.4 Å². The van der Waals surface area contributed by atoms with Crippen LogP contribution in [0, 0.1) is 0 Å². The third-order valence-corrected chi connectivity index (χ3v) is 6.28. The molecule has 2 N–H and O–H groups in total. The fraction of sp³-hybridized carbons (Fsp3) is 0.462. The van der Waals surface area contributed by atoms with Crippen molar-refractivity contribution in [3.63, 3.8) is 0 Å². The summed E-state index contributed by atoms with van der Waals surface area (Å²) in [6.07, 6.45) is -0.395. The van der Waals surface area contributed by atoms with Crippen molar-refractivity contribution in [2.75, 3.05) is 31.1 Å². The van der Waals surface area contributed by atoms with Crippen molar-refractivity contribution >= 4 is 17.7 Å². The number of amides is 1. The third-order valence-electron chi connectivity index (χ3n) is 6.28. The Labute approximate surface area is 200 Å². The molecule has 2 atom stereocenters. The molecule has 2 heterocycles. The van der Waals surface area contributed by atoms with Gasteiger partial charge >= 0.3 is 12.1 Å². The largest absolute Gasteiger partial charge is 0.481 e. The second-order valence-electron chi connectivity index (χ2n) is 9.95. The van der Waals surface area contributed by atoms with E-state index in [-0.39, 0.29) is 18.6 Å². The molecular formula is C26H33N3O5. The lowest BCUT2D eigenvalue weighted by Gasteiger charge is -2.38. The number of fused-ring (bicyclic) bond motifs is 1. The zero-order valence-electron chi connectivity index (χ0n) is 20.0. The Hall–Kier alpha value is -3.10. The molecule has 0 aromatic heterocycles. The van der Waals surface area contributed by atoms with Gasteiger partial charge in [-0.1, -0.05) is 36.4 Å². The number of hydrogen-bond acceptors (Lipinski definition) is 6. The van der Waals surface area contributed by atoms with E-state index in [4.69, 9.17) is 9.84 Å². The zero-order chi connectivity index (χ0) is 24.5. The number of carboxylic acid groups (broad SMARTS) is 1. The molecule has 2 saturated heterocycles. The van der Waals surface area contributed by atoms with Gasteiger partial charge in [-0.15, -0.1) is 0 Å². The molecule has 2 aliphatic rings. The number of piperazine rings is 1. The molecule has 0 saturated carbocycles. The van der Waals surface area contributed by atoms with Crippen LogP contribution in [0.15, 0.2) is 48.5 Å². The Morgan fingerprint density at radius 2 is 1.59 bits per heavy atom. The van der Waals surface area contributed by atoms with E-state index < -0.39 is 17.9 Å². The molecule has 2 aromatic carbocycles. The molecule has 8 nitrogen and oxygen atoms in total. The molecule has 0 bridgehead atoms. The third kappa shape index (κ3) is 5.51. The van der Waals surface area contributed by atoms with E-state index in [0.29, 0.717) is 32.6 Å². The minimum atomic E-state index is -0.794. The summed E-state index contributed by atoms with van der Waals surface area (Å²) >= 11 is 0. The smallest absolute Gasteiger partial charge is 0.410 e. The highest BCUT2D eigenvalue weighted by molar-refractivity contribution is 5.69. The van der Waals surface area contributed by atoms with E-state index in [2.05, 4.69) is 0 Å². The first kappa shape index (κ1) is 24.0. The van der Waals surface area contributed by atoms with Crippen molar-refractivity contribution in [2.24, 2.45) is 0 Å². The van der Waals surface area contributed by atoms with Gasteiger partial charge in [-0.05, 0) is 56.0 Å². The number of aryl methyl sites for hydroxylation is 1. The number of rotatable bonds is 5. The second-order valence-corrected chi connectivity index (χ2v) is 9.95. The minimum Gasteiger partial charge on any atom is -0.481 e. The number of carbonyl (C=O) groups excluding carboxylic acids is 1. The number of carboxylic acids is 1. The Balaban J connectivity index is 1.40. The summed E-state index contributed by atoms with van der Waals surface area (Å²) in [5, 5.41) is 19.8.